The zero-order valence-electron chi connectivity index (χ0n) is 9.93. The molecule has 1 aromatic heterocycles. The van der Waals surface area contributed by atoms with Crippen LogP contribution in [0.2, 0.25) is 0 Å². The smallest absolute Gasteiger partial charge is 0.276 e. The van der Waals surface area contributed by atoms with Gasteiger partial charge in [0.05, 0.1) is 6.26 Å². The van der Waals surface area contributed by atoms with E-state index < -0.39 is 10.0 Å². The fraction of sp³-hybridized carbons (Fsp3) is 0.636. The van der Waals surface area contributed by atoms with Crippen molar-refractivity contribution in [2.45, 2.75) is 17.9 Å². The number of furan rings is 1. The predicted octanol–water partition coefficient (Wildman–Crippen LogP) is 0.900. The van der Waals surface area contributed by atoms with Crippen LogP contribution in [0.4, 0.5) is 0 Å². The Kier molecular flexibility index (Phi) is 3.86. The normalized spacial score (nSPS) is 19.6. The molecule has 0 aromatic carbocycles. The summed E-state index contributed by atoms with van der Waals surface area (Å²) in [6.07, 6.45) is 3.20. The summed E-state index contributed by atoms with van der Waals surface area (Å²) in [6.45, 7) is 2.11. The summed E-state index contributed by atoms with van der Waals surface area (Å²) < 4.78 is 30.8. The number of nitrogens with zero attached hydrogens (tertiary/aromatic N) is 1. The molecule has 1 aromatic rings. The number of nitrogens with one attached hydrogen (secondary N) is 1. The van der Waals surface area contributed by atoms with Crippen LogP contribution in [0.5, 0.6) is 0 Å². The van der Waals surface area contributed by atoms with E-state index in [1.54, 1.807) is 6.07 Å². The third-order valence-electron chi connectivity index (χ3n) is 3.16. The Morgan fingerprint density at radius 2 is 2.18 bits per heavy atom. The van der Waals surface area contributed by atoms with Crippen molar-refractivity contribution in [1.29, 1.82) is 0 Å². The molecule has 0 radical (unpaired) electrons. The van der Waals surface area contributed by atoms with Gasteiger partial charge in [0.15, 0.2) is 0 Å². The third-order valence-corrected chi connectivity index (χ3v) is 4.94. The molecule has 0 spiro atoms. The lowest BCUT2D eigenvalue weighted by Gasteiger charge is -2.30. The van der Waals surface area contributed by atoms with Crippen LogP contribution in [0.3, 0.4) is 0 Å². The number of sulfonamides is 1. The molecule has 96 valence electrons. The molecule has 1 aliphatic heterocycles. The van der Waals surface area contributed by atoms with E-state index in [0.717, 1.165) is 19.4 Å². The molecule has 1 aliphatic rings. The summed E-state index contributed by atoms with van der Waals surface area (Å²) >= 11 is 0. The van der Waals surface area contributed by atoms with Gasteiger partial charge in [0.25, 0.3) is 10.0 Å². The van der Waals surface area contributed by atoms with Crippen molar-refractivity contribution in [3.63, 3.8) is 0 Å². The first-order valence-corrected chi connectivity index (χ1v) is 7.27. The van der Waals surface area contributed by atoms with E-state index in [1.807, 2.05) is 7.05 Å². The molecule has 0 atom stereocenters. The van der Waals surface area contributed by atoms with E-state index in [1.165, 1.54) is 16.6 Å². The molecule has 2 heterocycles. The maximum absolute atomic E-state index is 12.1. The van der Waals surface area contributed by atoms with Crippen LogP contribution in [0, 0.1) is 5.92 Å². The SMILES string of the molecule is CNCC1CCN(S(=O)(=O)c2ccco2)CC1. The van der Waals surface area contributed by atoms with Crippen LogP contribution in [-0.4, -0.2) is 39.4 Å². The Morgan fingerprint density at radius 3 is 2.71 bits per heavy atom. The highest BCUT2D eigenvalue weighted by Crippen LogP contribution is 2.23. The highest BCUT2D eigenvalue weighted by atomic mass is 32.2. The van der Waals surface area contributed by atoms with Crippen LogP contribution in [0.25, 0.3) is 0 Å². The lowest BCUT2D eigenvalue weighted by atomic mass is 9.98. The molecule has 0 amide bonds. The van der Waals surface area contributed by atoms with E-state index in [0.29, 0.717) is 19.0 Å². The number of hydrogen-bond acceptors (Lipinski definition) is 4. The van der Waals surface area contributed by atoms with Gasteiger partial charge in [0.1, 0.15) is 0 Å². The van der Waals surface area contributed by atoms with E-state index in [-0.39, 0.29) is 5.09 Å². The van der Waals surface area contributed by atoms with Gasteiger partial charge in [-0.15, -0.1) is 0 Å². The fourth-order valence-electron chi connectivity index (χ4n) is 2.18. The van der Waals surface area contributed by atoms with Crippen molar-refractivity contribution in [1.82, 2.24) is 9.62 Å². The van der Waals surface area contributed by atoms with E-state index in [2.05, 4.69) is 5.32 Å². The zero-order chi connectivity index (χ0) is 12.3. The van der Waals surface area contributed by atoms with Gasteiger partial charge < -0.3 is 9.73 Å². The van der Waals surface area contributed by atoms with Gasteiger partial charge in [-0.25, -0.2) is 8.42 Å². The molecule has 1 fully saturated rings. The first-order valence-electron chi connectivity index (χ1n) is 5.83. The molecule has 17 heavy (non-hydrogen) atoms. The van der Waals surface area contributed by atoms with Crippen molar-refractivity contribution >= 4 is 10.0 Å². The first kappa shape index (κ1) is 12.6. The van der Waals surface area contributed by atoms with Crippen molar-refractivity contribution in [3.05, 3.63) is 18.4 Å². The first-order chi connectivity index (χ1) is 8.14. The number of piperidine rings is 1. The Hall–Kier alpha value is -0.850. The second-order valence-electron chi connectivity index (χ2n) is 4.34. The molecule has 0 aliphatic carbocycles. The van der Waals surface area contributed by atoms with E-state index >= 15 is 0 Å². The Labute approximate surface area is 102 Å². The summed E-state index contributed by atoms with van der Waals surface area (Å²) in [7, 11) is -1.49. The second-order valence-corrected chi connectivity index (χ2v) is 6.21. The lowest BCUT2D eigenvalue weighted by molar-refractivity contribution is 0.265. The summed E-state index contributed by atoms with van der Waals surface area (Å²) in [5, 5.41) is 3.18. The Bertz CT molecular complexity index is 433. The van der Waals surface area contributed by atoms with Crippen LogP contribution < -0.4 is 5.32 Å². The molecule has 1 saturated heterocycles. The summed E-state index contributed by atoms with van der Waals surface area (Å²) in [4.78, 5) is 0. The minimum absolute atomic E-state index is 0.0459. The largest absolute Gasteiger partial charge is 0.452 e. The number of rotatable bonds is 4. The van der Waals surface area contributed by atoms with Crippen molar-refractivity contribution in [2.24, 2.45) is 5.92 Å². The van der Waals surface area contributed by atoms with Gasteiger partial charge in [-0.1, -0.05) is 0 Å². The minimum atomic E-state index is -3.41. The van der Waals surface area contributed by atoms with Gasteiger partial charge in [0.2, 0.25) is 5.09 Å². The zero-order valence-corrected chi connectivity index (χ0v) is 10.7. The summed E-state index contributed by atoms with van der Waals surface area (Å²) in [5.41, 5.74) is 0. The molecule has 0 bridgehead atoms. The summed E-state index contributed by atoms with van der Waals surface area (Å²) in [6, 6.07) is 3.09. The van der Waals surface area contributed by atoms with E-state index in [9.17, 15) is 8.42 Å². The standard InChI is InChI=1S/C11H18N2O3S/c1-12-9-10-4-6-13(7-5-10)17(14,15)11-3-2-8-16-11/h2-3,8,10,12H,4-7,9H2,1H3. The van der Waals surface area contributed by atoms with E-state index in [4.69, 9.17) is 4.42 Å². The average Bonchev–Trinajstić information content (AvgIpc) is 2.84. The average molecular weight is 258 g/mol. The molecule has 5 nitrogen and oxygen atoms in total. The lowest BCUT2D eigenvalue weighted by Crippen LogP contribution is -2.40. The van der Waals surface area contributed by atoms with Gasteiger partial charge in [-0.2, -0.15) is 4.31 Å². The molecular formula is C11H18N2O3S. The minimum Gasteiger partial charge on any atom is -0.452 e. The number of hydrogen-bond donors (Lipinski definition) is 1. The molecule has 1 N–H and O–H groups in total. The second kappa shape index (κ2) is 5.20. The molecule has 6 heteroatoms. The molecule has 0 unspecified atom stereocenters. The van der Waals surface area contributed by atoms with Gasteiger partial charge >= 0.3 is 0 Å². The topological polar surface area (TPSA) is 62.6 Å². The van der Waals surface area contributed by atoms with Gasteiger partial charge in [0, 0.05) is 13.1 Å². The highest BCUT2D eigenvalue weighted by molar-refractivity contribution is 7.89. The predicted molar refractivity (Wildman–Crippen MR) is 64.1 cm³/mol. The van der Waals surface area contributed by atoms with Crippen molar-refractivity contribution < 1.29 is 12.8 Å². The van der Waals surface area contributed by atoms with Crippen LogP contribution in [0.15, 0.2) is 27.9 Å². The maximum Gasteiger partial charge on any atom is 0.276 e. The van der Waals surface area contributed by atoms with Crippen LogP contribution in [0.1, 0.15) is 12.8 Å². The Balaban J connectivity index is 2.01. The molecule has 0 saturated carbocycles. The van der Waals surface area contributed by atoms with Crippen molar-refractivity contribution in [3.8, 4) is 0 Å². The van der Waals surface area contributed by atoms with Crippen LogP contribution >= 0.6 is 0 Å². The quantitative estimate of drug-likeness (QED) is 0.871. The highest BCUT2D eigenvalue weighted by Gasteiger charge is 2.30. The summed E-state index contributed by atoms with van der Waals surface area (Å²) in [5.74, 6) is 0.572. The van der Waals surface area contributed by atoms with Crippen LogP contribution in [-0.2, 0) is 10.0 Å². The van der Waals surface area contributed by atoms with Crippen molar-refractivity contribution in [2.75, 3.05) is 26.7 Å². The van der Waals surface area contributed by atoms with Gasteiger partial charge in [-0.3, -0.25) is 0 Å². The van der Waals surface area contributed by atoms with Gasteiger partial charge in [-0.05, 0) is 44.5 Å². The monoisotopic (exact) mass is 258 g/mol. The maximum atomic E-state index is 12.1. The third kappa shape index (κ3) is 2.70. The fourth-order valence-corrected chi connectivity index (χ4v) is 3.55. The molecular weight excluding hydrogens is 240 g/mol. The molecule has 2 rings (SSSR count). The Morgan fingerprint density at radius 1 is 1.47 bits per heavy atom.